The number of carbonyl (C=O) groups excluding carboxylic acids is 3. The summed E-state index contributed by atoms with van der Waals surface area (Å²) in [5.41, 5.74) is 7.72. The van der Waals surface area contributed by atoms with Crippen LogP contribution in [-0.4, -0.2) is 49.6 Å². The molecule has 0 unspecified atom stereocenters. The number of rotatable bonds is 5. The molecule has 3 aromatic rings. The average Bonchev–Trinajstić information content (AvgIpc) is 3.96. The number of hydrogen-bond donors (Lipinski definition) is 0. The van der Waals surface area contributed by atoms with Gasteiger partial charge in [-0.15, -0.1) is 17.6 Å². The summed E-state index contributed by atoms with van der Waals surface area (Å²) in [4.78, 5) is 56.1. The maximum absolute atomic E-state index is 12.6. The van der Waals surface area contributed by atoms with Crippen molar-refractivity contribution in [1.29, 1.82) is 0 Å². The number of aldehydes is 1. The van der Waals surface area contributed by atoms with Gasteiger partial charge in [-0.1, -0.05) is 36.4 Å². The fraction of sp³-hybridized carbons (Fsp3) is 0.0526. The van der Waals surface area contributed by atoms with Crippen LogP contribution in [0.3, 0.4) is 0 Å². The minimum atomic E-state index is -0.468. The van der Waals surface area contributed by atoms with Gasteiger partial charge in [-0.25, -0.2) is 24.6 Å². The molecular formula is C38H24MnN4O6. The Morgan fingerprint density at radius 3 is 1.71 bits per heavy atom. The zero-order valence-electron chi connectivity index (χ0n) is 26.0. The summed E-state index contributed by atoms with van der Waals surface area (Å²) in [5, 5.41) is 12.6. The molecule has 0 fully saturated rings. The third kappa shape index (κ3) is 5.93. The Morgan fingerprint density at radius 1 is 0.633 bits per heavy atom. The molecule has 4 aliphatic heterocycles. The van der Waals surface area contributed by atoms with Crippen molar-refractivity contribution in [2.24, 2.45) is 15.0 Å². The van der Waals surface area contributed by atoms with Crippen LogP contribution in [0.2, 0.25) is 0 Å². The zero-order valence-corrected chi connectivity index (χ0v) is 27.2. The number of carbonyl (C=O) groups is 3. The van der Waals surface area contributed by atoms with Crippen molar-refractivity contribution in [3.05, 3.63) is 160 Å². The van der Waals surface area contributed by atoms with Crippen molar-refractivity contribution < 1.29 is 46.0 Å². The zero-order chi connectivity index (χ0) is 33.4. The second kappa shape index (κ2) is 13.5. The van der Waals surface area contributed by atoms with E-state index in [0.717, 1.165) is 12.5 Å². The van der Waals surface area contributed by atoms with Crippen LogP contribution in [0.15, 0.2) is 141 Å². The van der Waals surface area contributed by atoms with Crippen LogP contribution in [-0.2, 0) is 31.3 Å². The molecule has 0 amide bonds. The summed E-state index contributed by atoms with van der Waals surface area (Å²) >= 11 is 0. The largest absolute Gasteiger partial charge is 2.00 e. The number of hydrogen-bond acceptors (Lipinski definition) is 9. The molecule has 0 spiro atoms. The Bertz CT molecular complexity index is 2240. The van der Waals surface area contributed by atoms with Gasteiger partial charge in [0.25, 0.3) is 0 Å². The Kier molecular flexibility index (Phi) is 9.04. The molecule has 49 heavy (non-hydrogen) atoms. The number of methoxy groups -OCH3 is 2. The molecule has 0 saturated carbocycles. The van der Waals surface area contributed by atoms with Crippen LogP contribution >= 0.6 is 0 Å². The van der Waals surface area contributed by atoms with E-state index in [0.29, 0.717) is 79.0 Å². The van der Waals surface area contributed by atoms with E-state index < -0.39 is 11.9 Å². The third-order valence-electron chi connectivity index (χ3n) is 8.11. The number of benzene rings is 2. The van der Waals surface area contributed by atoms with Crippen molar-refractivity contribution in [3.8, 4) is 0 Å². The van der Waals surface area contributed by atoms with Crippen molar-refractivity contribution >= 4 is 52.1 Å². The molecule has 0 aliphatic carbocycles. The predicted octanol–water partition coefficient (Wildman–Crippen LogP) is 4.59. The van der Waals surface area contributed by atoms with Gasteiger partial charge in [0.1, 0.15) is 0 Å². The Hall–Kier alpha value is -6.16. The summed E-state index contributed by atoms with van der Waals surface area (Å²) in [5.74, 6) is -0.937. The monoisotopic (exact) mass is 687 g/mol. The van der Waals surface area contributed by atoms with Crippen LogP contribution in [0.5, 0.6) is 0 Å². The van der Waals surface area contributed by atoms with Gasteiger partial charge in [0, 0.05) is 5.57 Å². The van der Waals surface area contributed by atoms with E-state index >= 15 is 0 Å². The Labute approximate surface area is 291 Å². The van der Waals surface area contributed by atoms with E-state index in [4.69, 9.17) is 29.4 Å². The number of nitrogens with zero attached hydrogens (tertiary/aromatic N) is 4. The van der Waals surface area contributed by atoms with Crippen molar-refractivity contribution in [3.63, 3.8) is 0 Å². The van der Waals surface area contributed by atoms with Gasteiger partial charge in [-0.2, -0.15) is 0 Å². The molecule has 2 aromatic carbocycles. The first-order valence-corrected chi connectivity index (χ1v) is 14.8. The molecule has 10 nitrogen and oxygen atoms in total. The van der Waals surface area contributed by atoms with Gasteiger partial charge in [-0.05, 0) is 83.0 Å². The molecule has 1 radical (unpaired) electrons. The van der Waals surface area contributed by atoms with Gasteiger partial charge >= 0.3 is 29.0 Å². The third-order valence-corrected chi connectivity index (χ3v) is 8.11. The number of fused-ring (bicyclic) bond motifs is 5. The molecule has 0 N–H and O–H groups in total. The van der Waals surface area contributed by atoms with E-state index in [1.807, 2.05) is 0 Å². The van der Waals surface area contributed by atoms with Gasteiger partial charge in [-0.3, -0.25) is 4.79 Å². The second-order valence-corrected chi connectivity index (χ2v) is 10.8. The first-order chi connectivity index (χ1) is 23.4. The molecule has 7 rings (SSSR count). The van der Waals surface area contributed by atoms with Gasteiger partial charge < -0.3 is 19.6 Å². The smallest absolute Gasteiger partial charge is 0.877 e. The van der Waals surface area contributed by atoms with Crippen LogP contribution < -0.4 is 10.1 Å². The SMILES string of the molecule is COC(=O)c1ccc(C2=C3C=CC(=N3)/C(=C\[O-])c3ccc([n-]3)C(c3ccc(C(=O)OC)cc3)=C3C=CC(=N3)C(C=O)=C3C=CC2=N3)cc1.[Mn+2]. The summed E-state index contributed by atoms with van der Waals surface area (Å²) in [7, 11) is 2.63. The molecule has 8 bridgehead atoms. The predicted molar refractivity (Wildman–Crippen MR) is 179 cm³/mol. The molecule has 0 saturated heterocycles. The minimum Gasteiger partial charge on any atom is -0.877 e. The normalized spacial score (nSPS) is 16.9. The first kappa shape index (κ1) is 32.8. The minimum absolute atomic E-state index is 0. The molecule has 5 heterocycles. The summed E-state index contributed by atoms with van der Waals surface area (Å²) < 4.78 is 9.70. The number of aromatic nitrogens is 1. The molecule has 0 atom stereocenters. The number of allylic oxidation sites excluding steroid dienone is 9. The van der Waals surface area contributed by atoms with Crippen molar-refractivity contribution in [1.82, 2.24) is 4.98 Å². The number of ether oxygens (including phenoxy) is 2. The molecular weight excluding hydrogens is 663 g/mol. The maximum Gasteiger partial charge on any atom is 2.00 e. The molecule has 1 aromatic heterocycles. The fourth-order valence-electron chi connectivity index (χ4n) is 5.75. The van der Waals surface area contributed by atoms with Crippen LogP contribution in [0.25, 0.3) is 16.7 Å². The van der Waals surface area contributed by atoms with Gasteiger partial charge in [0.15, 0.2) is 6.29 Å². The average molecular weight is 688 g/mol. The fourth-order valence-corrected chi connectivity index (χ4v) is 5.75. The Morgan fingerprint density at radius 2 is 1.12 bits per heavy atom. The number of esters is 2. The Balaban J connectivity index is 0.00000417. The molecule has 4 aliphatic rings. The molecule has 11 heteroatoms. The van der Waals surface area contributed by atoms with Gasteiger partial charge in [0.2, 0.25) is 0 Å². The standard InChI is InChI=1S/C38H26N4O6.Mn/c1-47-37(45)23-7-3-21(4-8-23)35-31-15-11-27(39-31)25(19-43)29-13-17-33(41-29)36(22-5-9-24(10-6-22)38(46)48-2)34-18-14-30(42-34)26(20-44)28-12-16-32(35)40-28;/h3-20H,1-2H3,(H2,39,40,41,42,43,44,45,46);/q;+2/p-2. The van der Waals surface area contributed by atoms with Crippen LogP contribution in [0, 0.1) is 0 Å². The summed E-state index contributed by atoms with van der Waals surface area (Å²) in [6.45, 7) is 0. The summed E-state index contributed by atoms with van der Waals surface area (Å²) in [6.07, 6.45) is 12.0. The van der Waals surface area contributed by atoms with Gasteiger partial charge in [0.05, 0.1) is 65.1 Å². The second-order valence-electron chi connectivity index (χ2n) is 10.8. The quantitative estimate of drug-likeness (QED) is 0.165. The molecule has 239 valence electrons. The van der Waals surface area contributed by atoms with Crippen LogP contribution in [0.1, 0.15) is 43.2 Å². The van der Waals surface area contributed by atoms with E-state index in [-0.39, 0.29) is 28.2 Å². The van der Waals surface area contributed by atoms with Crippen molar-refractivity contribution in [2.75, 3.05) is 14.2 Å². The van der Waals surface area contributed by atoms with E-state index in [2.05, 4.69) is 0 Å². The topological polar surface area (TPSA) is 144 Å². The first-order valence-electron chi connectivity index (χ1n) is 14.8. The van der Waals surface area contributed by atoms with E-state index in [9.17, 15) is 19.5 Å². The van der Waals surface area contributed by atoms with Crippen molar-refractivity contribution in [2.45, 2.75) is 0 Å². The summed E-state index contributed by atoms with van der Waals surface area (Å²) in [6, 6.07) is 17.2. The maximum atomic E-state index is 12.6. The van der Waals surface area contributed by atoms with Crippen LogP contribution in [0.4, 0.5) is 0 Å². The van der Waals surface area contributed by atoms with E-state index in [1.165, 1.54) is 14.2 Å². The van der Waals surface area contributed by atoms with E-state index in [1.54, 1.807) is 97.1 Å². The number of aliphatic imine (C=N–C) groups is 3.